The van der Waals surface area contributed by atoms with Crippen molar-refractivity contribution in [3.63, 3.8) is 0 Å². The van der Waals surface area contributed by atoms with Crippen LogP contribution >= 0.6 is 0 Å². The highest BCUT2D eigenvalue weighted by atomic mass is 19.1. The van der Waals surface area contributed by atoms with Crippen LogP contribution < -0.4 is 10.2 Å². The highest BCUT2D eigenvalue weighted by molar-refractivity contribution is 5.83. The highest BCUT2D eigenvalue weighted by Gasteiger charge is 2.30. The van der Waals surface area contributed by atoms with Crippen LogP contribution in [-0.4, -0.2) is 49.6 Å². The number of amides is 2. The number of morpholine rings is 1. The molecule has 2 amide bonds. The molecule has 2 fully saturated rings. The number of rotatable bonds is 6. The average molecular weight is 426 g/mol. The summed E-state index contributed by atoms with van der Waals surface area (Å²) in [4.78, 5) is 28.9. The summed E-state index contributed by atoms with van der Waals surface area (Å²) in [6.07, 6.45) is 0.877. The van der Waals surface area contributed by atoms with E-state index in [1.807, 2.05) is 12.1 Å². The zero-order chi connectivity index (χ0) is 21.6. The van der Waals surface area contributed by atoms with E-state index < -0.39 is 0 Å². The maximum Gasteiger partial charge on any atom is 0.225 e. The largest absolute Gasteiger partial charge is 0.378 e. The summed E-state index contributed by atoms with van der Waals surface area (Å²) in [5, 5.41) is 3.01. The lowest BCUT2D eigenvalue weighted by atomic mass is 9.96. The third-order valence-corrected chi connectivity index (χ3v) is 5.91. The van der Waals surface area contributed by atoms with Crippen molar-refractivity contribution in [2.45, 2.75) is 25.9 Å². The van der Waals surface area contributed by atoms with Crippen molar-refractivity contribution in [3.05, 3.63) is 65.5 Å². The summed E-state index contributed by atoms with van der Waals surface area (Å²) in [7, 11) is 0. The number of hydrogen-bond acceptors (Lipinski definition) is 4. The van der Waals surface area contributed by atoms with Gasteiger partial charge in [0.15, 0.2) is 0 Å². The van der Waals surface area contributed by atoms with Crippen LogP contribution in [0.2, 0.25) is 0 Å². The van der Waals surface area contributed by atoms with E-state index in [0.29, 0.717) is 32.5 Å². The van der Waals surface area contributed by atoms with Gasteiger partial charge < -0.3 is 19.9 Å². The predicted molar refractivity (Wildman–Crippen MR) is 116 cm³/mol. The molecule has 1 unspecified atom stereocenters. The first-order valence-corrected chi connectivity index (χ1v) is 10.8. The first-order valence-electron chi connectivity index (χ1n) is 10.8. The molecular formula is C24H28FN3O3. The van der Waals surface area contributed by atoms with E-state index >= 15 is 0 Å². The van der Waals surface area contributed by atoms with Crippen molar-refractivity contribution in [2.75, 3.05) is 37.7 Å². The van der Waals surface area contributed by atoms with Crippen LogP contribution in [0.5, 0.6) is 0 Å². The average Bonchev–Trinajstić information content (AvgIpc) is 2.80. The fraction of sp³-hybridized carbons (Fsp3) is 0.417. The zero-order valence-electron chi connectivity index (χ0n) is 17.6. The molecule has 2 aliphatic rings. The monoisotopic (exact) mass is 425 g/mol. The van der Waals surface area contributed by atoms with Gasteiger partial charge in [0.2, 0.25) is 11.8 Å². The Morgan fingerprint density at radius 2 is 1.87 bits per heavy atom. The van der Waals surface area contributed by atoms with Gasteiger partial charge in [0, 0.05) is 44.8 Å². The maximum atomic E-state index is 13.4. The minimum Gasteiger partial charge on any atom is -0.378 e. The molecule has 0 spiro atoms. The number of hydrogen-bond donors (Lipinski definition) is 1. The topological polar surface area (TPSA) is 61.9 Å². The molecule has 2 heterocycles. The van der Waals surface area contributed by atoms with E-state index in [9.17, 15) is 14.0 Å². The van der Waals surface area contributed by atoms with Gasteiger partial charge in [-0.3, -0.25) is 9.59 Å². The molecule has 0 saturated carbocycles. The van der Waals surface area contributed by atoms with Gasteiger partial charge in [-0.1, -0.05) is 24.3 Å². The second-order valence-corrected chi connectivity index (χ2v) is 8.12. The third kappa shape index (κ3) is 5.61. The van der Waals surface area contributed by atoms with E-state index in [0.717, 1.165) is 43.1 Å². The summed E-state index contributed by atoms with van der Waals surface area (Å²) in [6.45, 7) is 4.41. The molecule has 1 N–H and O–H groups in total. The van der Waals surface area contributed by atoms with Gasteiger partial charge in [0.1, 0.15) is 5.82 Å². The Labute approximate surface area is 182 Å². The molecule has 0 bridgehead atoms. The van der Waals surface area contributed by atoms with E-state index in [1.165, 1.54) is 12.1 Å². The second kappa shape index (κ2) is 9.92. The number of anilines is 1. The summed E-state index contributed by atoms with van der Waals surface area (Å²) >= 11 is 0. The number of likely N-dealkylation sites (tertiary alicyclic amines) is 1. The number of nitrogens with one attached hydrogen (secondary N) is 1. The number of nitrogens with zero attached hydrogens (tertiary/aromatic N) is 2. The van der Waals surface area contributed by atoms with Crippen LogP contribution in [0.1, 0.15) is 24.0 Å². The molecule has 0 aromatic heterocycles. The Balaban J connectivity index is 1.29. The smallest absolute Gasteiger partial charge is 0.225 e. The van der Waals surface area contributed by atoms with Gasteiger partial charge in [0.05, 0.1) is 19.1 Å². The first kappa shape index (κ1) is 21.3. The molecule has 0 aliphatic carbocycles. The lowest BCUT2D eigenvalue weighted by Gasteiger charge is -2.32. The van der Waals surface area contributed by atoms with E-state index in [2.05, 4.69) is 22.3 Å². The molecule has 2 saturated heterocycles. The van der Waals surface area contributed by atoms with Gasteiger partial charge in [-0.25, -0.2) is 4.39 Å². The molecule has 1 atom stereocenters. The quantitative estimate of drug-likeness (QED) is 0.773. The number of carbonyl (C=O) groups excluding carboxylic acids is 2. The van der Waals surface area contributed by atoms with Gasteiger partial charge >= 0.3 is 0 Å². The molecular weight excluding hydrogens is 397 g/mol. The molecule has 7 heteroatoms. The molecule has 2 aromatic carbocycles. The SMILES string of the molecule is O=C(NCc1ccc(N2CCOCC2)cc1)C1CCC(=O)N(Cc2cccc(F)c2)C1. The summed E-state index contributed by atoms with van der Waals surface area (Å²) in [5.41, 5.74) is 2.93. The summed E-state index contributed by atoms with van der Waals surface area (Å²) in [6, 6.07) is 14.5. The molecule has 164 valence electrons. The van der Waals surface area contributed by atoms with Crippen LogP contribution in [0.25, 0.3) is 0 Å². The molecule has 2 aromatic rings. The number of carbonyl (C=O) groups is 2. The summed E-state index contributed by atoms with van der Waals surface area (Å²) < 4.78 is 18.8. The molecule has 6 nitrogen and oxygen atoms in total. The first-order chi connectivity index (χ1) is 15.1. The highest BCUT2D eigenvalue weighted by Crippen LogP contribution is 2.21. The lowest BCUT2D eigenvalue weighted by molar-refractivity contribution is -0.139. The predicted octanol–water partition coefficient (Wildman–Crippen LogP) is 2.72. The van der Waals surface area contributed by atoms with Gasteiger partial charge in [0.25, 0.3) is 0 Å². The Morgan fingerprint density at radius 3 is 2.61 bits per heavy atom. The lowest BCUT2D eigenvalue weighted by Crippen LogP contribution is -2.45. The van der Waals surface area contributed by atoms with Crippen LogP contribution in [-0.2, 0) is 27.4 Å². The Kier molecular flexibility index (Phi) is 6.82. The van der Waals surface area contributed by atoms with Crippen molar-refractivity contribution in [2.24, 2.45) is 5.92 Å². The zero-order valence-corrected chi connectivity index (χ0v) is 17.6. The van der Waals surface area contributed by atoms with Crippen LogP contribution in [0.3, 0.4) is 0 Å². The van der Waals surface area contributed by atoms with E-state index in [1.54, 1.807) is 17.0 Å². The summed E-state index contributed by atoms with van der Waals surface area (Å²) in [5.74, 6) is -0.615. The third-order valence-electron chi connectivity index (χ3n) is 5.91. The minimum atomic E-state index is -0.323. The van der Waals surface area contributed by atoms with Crippen molar-refractivity contribution < 1.29 is 18.7 Å². The van der Waals surface area contributed by atoms with Crippen LogP contribution in [0, 0.1) is 11.7 Å². The Hall–Kier alpha value is -2.93. The number of benzene rings is 2. The van der Waals surface area contributed by atoms with Crippen molar-refractivity contribution in [1.82, 2.24) is 10.2 Å². The number of piperidine rings is 1. The molecule has 0 radical (unpaired) electrons. The molecule has 4 rings (SSSR count). The van der Waals surface area contributed by atoms with Crippen molar-refractivity contribution in [1.29, 1.82) is 0 Å². The number of ether oxygens (including phenoxy) is 1. The molecule has 2 aliphatic heterocycles. The molecule has 31 heavy (non-hydrogen) atoms. The van der Waals surface area contributed by atoms with Crippen LogP contribution in [0.15, 0.2) is 48.5 Å². The second-order valence-electron chi connectivity index (χ2n) is 8.12. The van der Waals surface area contributed by atoms with Gasteiger partial charge in [-0.2, -0.15) is 0 Å². The normalized spacial score (nSPS) is 19.4. The van der Waals surface area contributed by atoms with Gasteiger partial charge in [-0.05, 0) is 41.8 Å². The minimum absolute atomic E-state index is 0.00649. The van der Waals surface area contributed by atoms with Gasteiger partial charge in [-0.15, -0.1) is 0 Å². The Morgan fingerprint density at radius 1 is 1.10 bits per heavy atom. The Bertz CT molecular complexity index is 913. The van der Waals surface area contributed by atoms with E-state index in [4.69, 9.17) is 4.74 Å². The van der Waals surface area contributed by atoms with E-state index in [-0.39, 0.29) is 23.5 Å². The van der Waals surface area contributed by atoms with Crippen molar-refractivity contribution >= 4 is 17.5 Å². The number of halogens is 1. The van der Waals surface area contributed by atoms with Crippen molar-refractivity contribution in [3.8, 4) is 0 Å². The standard InChI is InChI=1S/C24H28FN3O3/c25-21-3-1-2-19(14-21)16-28-17-20(6-9-23(28)29)24(30)26-15-18-4-7-22(8-5-18)27-10-12-31-13-11-27/h1-5,7-8,14,20H,6,9-13,15-17H2,(H,26,30). The maximum absolute atomic E-state index is 13.4. The fourth-order valence-corrected chi connectivity index (χ4v) is 4.12. The fourth-order valence-electron chi connectivity index (χ4n) is 4.12. The van der Waals surface area contributed by atoms with Crippen LogP contribution in [0.4, 0.5) is 10.1 Å².